The van der Waals surface area contributed by atoms with Crippen molar-refractivity contribution in [3.05, 3.63) is 36.3 Å². The van der Waals surface area contributed by atoms with Crippen LogP contribution in [0.2, 0.25) is 0 Å². The monoisotopic (exact) mass is 560 g/mol. The molecule has 3 N–H and O–H groups in total. The number of hydrogen-bond donors (Lipinski definition) is 3. The number of fused-ring (bicyclic) bond motifs is 1. The number of aliphatic hydroxyl groups excluding tert-OH is 1. The zero-order valence-electron chi connectivity index (χ0n) is 23.1. The van der Waals surface area contributed by atoms with Gasteiger partial charge >= 0.3 is 6.61 Å². The number of halogens is 2. The van der Waals surface area contributed by atoms with Crippen LogP contribution in [0.5, 0.6) is 0 Å². The highest BCUT2D eigenvalue weighted by atomic mass is 19.3. The highest BCUT2D eigenvalue weighted by Gasteiger charge is 2.33. The van der Waals surface area contributed by atoms with E-state index in [0.29, 0.717) is 25.6 Å². The van der Waals surface area contributed by atoms with Crippen molar-refractivity contribution in [1.82, 2.24) is 19.6 Å². The van der Waals surface area contributed by atoms with Gasteiger partial charge in [-0.25, -0.2) is 14.5 Å². The molecule has 0 radical (unpaired) electrons. The zero-order valence-corrected chi connectivity index (χ0v) is 23.1. The van der Waals surface area contributed by atoms with Crippen molar-refractivity contribution in [2.24, 2.45) is 0 Å². The molecule has 3 aromatic rings. The van der Waals surface area contributed by atoms with E-state index >= 15 is 0 Å². The summed E-state index contributed by atoms with van der Waals surface area (Å²) < 4.78 is 37.1. The Balaban J connectivity index is 1.48. The van der Waals surface area contributed by atoms with Crippen molar-refractivity contribution in [3.63, 3.8) is 0 Å². The first-order valence-corrected chi connectivity index (χ1v) is 13.9. The van der Waals surface area contributed by atoms with E-state index in [2.05, 4.69) is 31.0 Å². The first-order valence-electron chi connectivity index (χ1n) is 13.9. The van der Waals surface area contributed by atoms with E-state index < -0.39 is 18.3 Å². The van der Waals surface area contributed by atoms with E-state index in [9.17, 15) is 19.0 Å². The van der Waals surface area contributed by atoms with Crippen LogP contribution in [0.3, 0.4) is 0 Å². The van der Waals surface area contributed by atoms with Crippen molar-refractivity contribution in [2.45, 2.75) is 82.8 Å². The predicted octanol–water partition coefficient (Wildman–Crippen LogP) is 3.83. The molecule has 0 amide bonds. The van der Waals surface area contributed by atoms with Crippen molar-refractivity contribution < 1.29 is 28.5 Å². The average molecular weight is 561 g/mol. The number of aromatic nitrogens is 4. The van der Waals surface area contributed by atoms with Crippen LogP contribution in [0.25, 0.3) is 16.6 Å². The minimum absolute atomic E-state index is 0.182. The van der Waals surface area contributed by atoms with Crippen LogP contribution in [0.15, 0.2) is 30.6 Å². The number of rotatable bonds is 9. The van der Waals surface area contributed by atoms with Crippen molar-refractivity contribution in [2.75, 3.05) is 36.5 Å². The highest BCUT2D eigenvalue weighted by Crippen LogP contribution is 2.38. The maximum Gasteiger partial charge on any atom is 0.345 e. The first kappa shape index (κ1) is 28.6. The van der Waals surface area contributed by atoms with Gasteiger partial charge in [-0.3, -0.25) is 0 Å². The van der Waals surface area contributed by atoms with Gasteiger partial charge in [0, 0.05) is 42.5 Å². The quantitative estimate of drug-likeness (QED) is 0.359. The van der Waals surface area contributed by atoms with E-state index in [4.69, 9.17) is 9.84 Å². The van der Waals surface area contributed by atoms with Gasteiger partial charge in [0.05, 0.1) is 36.6 Å². The molecule has 1 aliphatic carbocycles. The lowest BCUT2D eigenvalue weighted by Gasteiger charge is -2.39. The molecule has 3 aromatic heterocycles. The molecule has 40 heavy (non-hydrogen) atoms. The number of ether oxygens (including phenoxy) is 2. The summed E-state index contributed by atoms with van der Waals surface area (Å²) in [5.41, 5.74) is 2.78. The maximum atomic E-state index is 12.5. The van der Waals surface area contributed by atoms with E-state index in [1.807, 2.05) is 16.6 Å². The van der Waals surface area contributed by atoms with Crippen molar-refractivity contribution in [3.8, 4) is 11.1 Å². The van der Waals surface area contributed by atoms with Gasteiger partial charge in [-0.15, -0.1) is 5.10 Å². The lowest BCUT2D eigenvalue weighted by molar-refractivity contribution is -0.130. The maximum absolute atomic E-state index is 12.5. The largest absolute Gasteiger partial charge is 0.393 e. The van der Waals surface area contributed by atoms with E-state index in [1.54, 1.807) is 33.2 Å². The molecule has 0 aromatic carbocycles. The average Bonchev–Trinajstić information content (AvgIpc) is 3.31. The van der Waals surface area contributed by atoms with Crippen LogP contribution in [-0.4, -0.2) is 86.6 Å². The van der Waals surface area contributed by atoms with Gasteiger partial charge in [-0.2, -0.15) is 8.78 Å². The van der Waals surface area contributed by atoms with E-state index in [1.165, 1.54) is 0 Å². The molecular weight excluding hydrogens is 522 g/mol. The summed E-state index contributed by atoms with van der Waals surface area (Å²) in [4.78, 5) is 11.2. The fourth-order valence-corrected chi connectivity index (χ4v) is 5.50. The van der Waals surface area contributed by atoms with Gasteiger partial charge in [0.25, 0.3) is 0 Å². The second-order valence-electron chi connectivity index (χ2n) is 11.4. The molecule has 12 heteroatoms. The van der Waals surface area contributed by atoms with Crippen molar-refractivity contribution in [1.29, 1.82) is 0 Å². The van der Waals surface area contributed by atoms with E-state index in [0.717, 1.165) is 53.8 Å². The lowest BCUT2D eigenvalue weighted by atomic mass is 9.85. The lowest BCUT2D eigenvalue weighted by Crippen LogP contribution is -2.52. The molecule has 5 rings (SSSR count). The number of alkyl halides is 2. The number of nitrogens with zero attached hydrogens (tertiary/aromatic N) is 5. The molecule has 1 aliphatic heterocycles. The SMILES string of the molecule is C[C@@H](COC(F)F)Nc1ncc2c(-c3ccnc(N4CCOC(C(C)(C)O)C4)c3)cc([C@H]3CC[C@H](O)CC3)n2n1. The number of hydrogen-bond acceptors (Lipinski definition) is 9. The fraction of sp³-hybridized carbons (Fsp3) is 0.607. The second-order valence-corrected chi connectivity index (χ2v) is 11.4. The van der Waals surface area contributed by atoms with Gasteiger partial charge < -0.3 is 29.9 Å². The third kappa shape index (κ3) is 6.51. The number of pyridine rings is 1. The Morgan fingerprint density at radius 2 is 1.98 bits per heavy atom. The van der Waals surface area contributed by atoms with Crippen LogP contribution in [0.1, 0.15) is 58.1 Å². The molecule has 2 fully saturated rings. The molecule has 1 saturated heterocycles. The zero-order chi connectivity index (χ0) is 28.4. The molecule has 0 bridgehead atoms. The second kappa shape index (κ2) is 11.9. The van der Waals surface area contributed by atoms with Gasteiger partial charge in [-0.05, 0) is 70.2 Å². The summed E-state index contributed by atoms with van der Waals surface area (Å²) in [5, 5.41) is 28.4. The minimum Gasteiger partial charge on any atom is -0.393 e. The number of nitrogens with one attached hydrogen (secondary N) is 1. The van der Waals surface area contributed by atoms with Crippen LogP contribution >= 0.6 is 0 Å². The Bertz CT molecular complexity index is 1290. The molecular formula is C28H38F2N6O4. The molecule has 4 heterocycles. The number of morpholine rings is 1. The Hall–Kier alpha value is -2.93. The molecule has 1 saturated carbocycles. The van der Waals surface area contributed by atoms with Gasteiger partial charge in [-0.1, -0.05) is 0 Å². The summed E-state index contributed by atoms with van der Waals surface area (Å²) in [6.07, 6.45) is 6.04. The Morgan fingerprint density at radius 1 is 1.20 bits per heavy atom. The third-order valence-corrected chi connectivity index (χ3v) is 7.74. The normalized spacial score (nSPS) is 23.1. The number of anilines is 2. The Morgan fingerprint density at radius 3 is 2.70 bits per heavy atom. The molecule has 218 valence electrons. The van der Waals surface area contributed by atoms with Gasteiger partial charge in [0.2, 0.25) is 5.95 Å². The number of aliphatic hydroxyl groups is 2. The Labute approximate surface area is 232 Å². The standard InChI is InChI=1S/C28H38F2N6O4/c1-17(16-40-26(29)30)33-27-32-14-23-21(13-22(36(23)34-27)18-4-6-20(37)7-5-18)19-8-9-31-25(12-19)35-10-11-39-24(15-35)28(2,3)38/h8-9,12-14,17-18,20,24,26,37-38H,4-7,10-11,15-16H2,1-3H3,(H,33,34)/t17-,18-,20-,24?/m0/s1. The molecule has 2 atom stereocenters. The summed E-state index contributed by atoms with van der Waals surface area (Å²) in [6, 6.07) is 5.71. The van der Waals surface area contributed by atoms with Gasteiger partial charge in [0.1, 0.15) is 11.9 Å². The summed E-state index contributed by atoms with van der Waals surface area (Å²) in [7, 11) is 0. The third-order valence-electron chi connectivity index (χ3n) is 7.74. The smallest absolute Gasteiger partial charge is 0.345 e. The molecule has 1 unspecified atom stereocenters. The van der Waals surface area contributed by atoms with Crippen LogP contribution in [0, 0.1) is 0 Å². The van der Waals surface area contributed by atoms with E-state index in [-0.39, 0.29) is 24.7 Å². The van der Waals surface area contributed by atoms with Crippen LogP contribution < -0.4 is 10.2 Å². The van der Waals surface area contributed by atoms with Crippen molar-refractivity contribution >= 4 is 17.3 Å². The van der Waals surface area contributed by atoms with Gasteiger partial charge in [0.15, 0.2) is 0 Å². The predicted molar refractivity (Wildman–Crippen MR) is 147 cm³/mol. The summed E-state index contributed by atoms with van der Waals surface area (Å²) in [5.74, 6) is 1.32. The summed E-state index contributed by atoms with van der Waals surface area (Å²) in [6.45, 7) is 3.90. The Kier molecular flexibility index (Phi) is 8.50. The molecule has 0 spiro atoms. The van der Waals surface area contributed by atoms with Crippen LogP contribution in [-0.2, 0) is 9.47 Å². The highest BCUT2D eigenvalue weighted by molar-refractivity contribution is 5.82. The molecule has 2 aliphatic rings. The topological polar surface area (TPSA) is 117 Å². The van der Waals surface area contributed by atoms with Crippen LogP contribution in [0.4, 0.5) is 20.5 Å². The summed E-state index contributed by atoms with van der Waals surface area (Å²) >= 11 is 0. The molecule has 10 nitrogen and oxygen atoms in total. The minimum atomic E-state index is -2.84. The first-order chi connectivity index (χ1) is 19.1. The fourth-order valence-electron chi connectivity index (χ4n) is 5.50.